The van der Waals surface area contributed by atoms with Crippen molar-refractivity contribution < 1.29 is 9.15 Å². The summed E-state index contributed by atoms with van der Waals surface area (Å²) in [5.74, 6) is 1.14. The van der Waals surface area contributed by atoms with Gasteiger partial charge < -0.3 is 19.4 Å². The van der Waals surface area contributed by atoms with E-state index in [1.54, 1.807) is 6.07 Å². The minimum absolute atomic E-state index is 0.235. The number of furan rings is 1. The summed E-state index contributed by atoms with van der Waals surface area (Å²) in [5.41, 5.74) is 0. The molecule has 2 heterocycles. The number of hydrogen-bond acceptors (Lipinski definition) is 5. The van der Waals surface area contributed by atoms with Crippen LogP contribution in [0.4, 0.5) is 0 Å². The van der Waals surface area contributed by atoms with Gasteiger partial charge in [0.2, 0.25) is 5.76 Å². The summed E-state index contributed by atoms with van der Waals surface area (Å²) in [6.07, 6.45) is 0.235. The molecule has 1 aromatic heterocycles. The van der Waals surface area contributed by atoms with Crippen molar-refractivity contribution >= 4 is 0 Å². The molecule has 5 heteroatoms. The molecule has 0 amide bonds. The Morgan fingerprint density at radius 3 is 3.18 bits per heavy atom. The zero-order valence-corrected chi connectivity index (χ0v) is 9.98. The van der Waals surface area contributed by atoms with Crippen molar-refractivity contribution in [3.63, 3.8) is 0 Å². The molecule has 2 rings (SSSR count). The second kappa shape index (κ2) is 5.82. The molecule has 1 N–H and O–H groups in total. The number of hydrogen-bond donors (Lipinski definition) is 1. The smallest absolute Gasteiger partial charge is 0.203 e. The van der Waals surface area contributed by atoms with E-state index < -0.39 is 0 Å². The van der Waals surface area contributed by atoms with Gasteiger partial charge in [-0.3, -0.25) is 0 Å². The molecule has 0 bridgehead atoms. The Kier molecular flexibility index (Phi) is 4.15. The first kappa shape index (κ1) is 12.1. The fourth-order valence-electron chi connectivity index (χ4n) is 1.88. The van der Waals surface area contributed by atoms with E-state index in [0.717, 1.165) is 32.0 Å². The molecule has 0 aliphatic carbocycles. The second-order valence-corrected chi connectivity index (χ2v) is 4.26. The maximum absolute atomic E-state index is 8.62. The number of morpholine rings is 1. The third-order valence-electron chi connectivity index (χ3n) is 2.78. The van der Waals surface area contributed by atoms with Gasteiger partial charge in [-0.25, -0.2) is 0 Å². The van der Waals surface area contributed by atoms with Crippen LogP contribution in [0.15, 0.2) is 16.5 Å². The first-order chi connectivity index (χ1) is 8.28. The van der Waals surface area contributed by atoms with Crippen LogP contribution in [-0.4, -0.2) is 44.3 Å². The average molecular weight is 235 g/mol. The van der Waals surface area contributed by atoms with Crippen molar-refractivity contribution in [2.45, 2.75) is 12.6 Å². The lowest BCUT2D eigenvalue weighted by atomic mass is 10.3. The predicted molar refractivity (Wildman–Crippen MR) is 62.4 cm³/mol. The van der Waals surface area contributed by atoms with Crippen molar-refractivity contribution in [2.75, 3.05) is 33.3 Å². The molecule has 0 saturated carbocycles. The number of ether oxygens (including phenoxy) is 1. The van der Waals surface area contributed by atoms with Crippen molar-refractivity contribution in [3.05, 3.63) is 23.7 Å². The summed E-state index contributed by atoms with van der Waals surface area (Å²) in [6.45, 7) is 4.18. The van der Waals surface area contributed by atoms with Crippen LogP contribution in [0.5, 0.6) is 0 Å². The standard InChI is InChI=1S/C12H17N3O2/c1-15-4-5-16-12(9-15)8-14-7-11-3-2-10(6-13)17-11/h2-3,12,14H,4-5,7-9H2,1H3. The first-order valence-electron chi connectivity index (χ1n) is 5.77. The maximum atomic E-state index is 8.62. The van der Waals surface area contributed by atoms with Gasteiger partial charge >= 0.3 is 0 Å². The zero-order chi connectivity index (χ0) is 12.1. The Morgan fingerprint density at radius 1 is 1.59 bits per heavy atom. The Hall–Kier alpha value is -1.35. The Balaban J connectivity index is 1.70. The molecule has 0 radical (unpaired) electrons. The van der Waals surface area contributed by atoms with Crippen molar-refractivity contribution in [2.24, 2.45) is 0 Å². The van der Waals surface area contributed by atoms with Crippen LogP contribution >= 0.6 is 0 Å². The molecule has 1 aliphatic heterocycles. The zero-order valence-electron chi connectivity index (χ0n) is 9.98. The van der Waals surface area contributed by atoms with E-state index in [2.05, 4.69) is 17.3 Å². The number of nitrogens with one attached hydrogen (secondary N) is 1. The van der Waals surface area contributed by atoms with E-state index in [1.807, 2.05) is 12.1 Å². The van der Waals surface area contributed by atoms with Crippen molar-refractivity contribution in [1.29, 1.82) is 5.26 Å². The molecule has 92 valence electrons. The molecule has 5 nitrogen and oxygen atoms in total. The van der Waals surface area contributed by atoms with E-state index in [0.29, 0.717) is 12.3 Å². The highest BCUT2D eigenvalue weighted by atomic mass is 16.5. The van der Waals surface area contributed by atoms with E-state index in [9.17, 15) is 0 Å². The summed E-state index contributed by atoms with van der Waals surface area (Å²) in [7, 11) is 2.10. The predicted octanol–water partition coefficient (Wildman–Crippen LogP) is 0.571. The van der Waals surface area contributed by atoms with Gasteiger partial charge in [-0.2, -0.15) is 5.26 Å². The first-order valence-corrected chi connectivity index (χ1v) is 5.77. The van der Waals surface area contributed by atoms with Crippen molar-refractivity contribution in [1.82, 2.24) is 10.2 Å². The highest BCUT2D eigenvalue weighted by Gasteiger charge is 2.16. The van der Waals surface area contributed by atoms with Crippen LogP contribution in [0, 0.1) is 11.3 Å². The van der Waals surface area contributed by atoms with E-state index in [1.165, 1.54) is 0 Å². The van der Waals surface area contributed by atoms with Gasteiger partial charge in [-0.1, -0.05) is 0 Å². The van der Waals surface area contributed by atoms with Crippen LogP contribution < -0.4 is 5.32 Å². The monoisotopic (exact) mass is 235 g/mol. The van der Waals surface area contributed by atoms with Gasteiger partial charge in [0.15, 0.2) is 0 Å². The number of likely N-dealkylation sites (N-methyl/N-ethyl adjacent to an activating group) is 1. The summed E-state index contributed by atoms with van der Waals surface area (Å²) in [4.78, 5) is 2.26. The lowest BCUT2D eigenvalue weighted by Gasteiger charge is -2.30. The quantitative estimate of drug-likeness (QED) is 0.826. The van der Waals surface area contributed by atoms with E-state index >= 15 is 0 Å². The van der Waals surface area contributed by atoms with Gasteiger partial charge in [0, 0.05) is 19.6 Å². The number of nitriles is 1. The van der Waals surface area contributed by atoms with Crippen LogP contribution in [0.1, 0.15) is 11.5 Å². The summed E-state index contributed by atoms with van der Waals surface area (Å²) in [5, 5.41) is 11.9. The van der Waals surface area contributed by atoms with Crippen molar-refractivity contribution in [3.8, 4) is 6.07 Å². The lowest BCUT2D eigenvalue weighted by molar-refractivity contribution is -0.0183. The van der Waals surface area contributed by atoms with Gasteiger partial charge in [0.25, 0.3) is 0 Å². The molecule has 1 atom stereocenters. The van der Waals surface area contributed by atoms with Gasteiger partial charge in [-0.05, 0) is 19.2 Å². The Bertz CT molecular complexity index is 397. The van der Waals surface area contributed by atoms with E-state index in [4.69, 9.17) is 14.4 Å². The summed E-state index contributed by atoms with van der Waals surface area (Å²) in [6, 6.07) is 5.47. The number of nitrogens with zero attached hydrogens (tertiary/aromatic N) is 2. The van der Waals surface area contributed by atoms with E-state index in [-0.39, 0.29) is 6.10 Å². The third-order valence-corrected chi connectivity index (χ3v) is 2.78. The topological polar surface area (TPSA) is 61.4 Å². The van der Waals surface area contributed by atoms with Gasteiger partial charge in [0.1, 0.15) is 11.8 Å². The minimum atomic E-state index is 0.235. The maximum Gasteiger partial charge on any atom is 0.203 e. The molecule has 17 heavy (non-hydrogen) atoms. The normalized spacial score (nSPS) is 21.3. The summed E-state index contributed by atoms with van der Waals surface area (Å²) >= 11 is 0. The molecule has 0 aromatic carbocycles. The lowest BCUT2D eigenvalue weighted by Crippen LogP contribution is -2.44. The minimum Gasteiger partial charge on any atom is -0.449 e. The molecular formula is C12H17N3O2. The SMILES string of the molecule is CN1CCOC(CNCc2ccc(C#N)o2)C1. The molecule has 1 aromatic rings. The Labute approximate surface area is 101 Å². The molecule has 1 unspecified atom stereocenters. The summed E-state index contributed by atoms with van der Waals surface area (Å²) < 4.78 is 10.9. The second-order valence-electron chi connectivity index (χ2n) is 4.26. The van der Waals surface area contributed by atoms with Crippen LogP contribution in [0.3, 0.4) is 0 Å². The third kappa shape index (κ3) is 3.56. The fraction of sp³-hybridized carbons (Fsp3) is 0.583. The Morgan fingerprint density at radius 2 is 2.47 bits per heavy atom. The van der Waals surface area contributed by atoms with Gasteiger partial charge in [0.05, 0.1) is 19.3 Å². The molecule has 1 fully saturated rings. The van der Waals surface area contributed by atoms with Gasteiger partial charge in [-0.15, -0.1) is 0 Å². The highest BCUT2D eigenvalue weighted by Crippen LogP contribution is 2.06. The van der Waals surface area contributed by atoms with Crippen LogP contribution in [0.2, 0.25) is 0 Å². The largest absolute Gasteiger partial charge is 0.449 e. The number of rotatable bonds is 4. The van der Waals surface area contributed by atoms with Crippen LogP contribution in [-0.2, 0) is 11.3 Å². The molecule has 1 saturated heterocycles. The molecule has 0 spiro atoms. The average Bonchev–Trinajstić information content (AvgIpc) is 2.77. The fourth-order valence-corrected chi connectivity index (χ4v) is 1.88. The molecule has 1 aliphatic rings. The van der Waals surface area contributed by atoms with Crippen LogP contribution in [0.25, 0.3) is 0 Å². The highest BCUT2D eigenvalue weighted by molar-refractivity contribution is 5.18. The molecular weight excluding hydrogens is 218 g/mol.